The Morgan fingerprint density at radius 3 is 2.43 bits per heavy atom. The summed E-state index contributed by atoms with van der Waals surface area (Å²) in [5, 5.41) is 0. The molecule has 1 aliphatic heterocycles. The molecule has 2 heteroatoms. The van der Waals surface area contributed by atoms with Crippen molar-refractivity contribution in [2.75, 3.05) is 7.05 Å². The maximum absolute atomic E-state index is 4.91. The van der Waals surface area contributed by atoms with Gasteiger partial charge in [0.15, 0.2) is 6.34 Å². The van der Waals surface area contributed by atoms with Gasteiger partial charge in [-0.15, -0.1) is 0 Å². The fourth-order valence-corrected chi connectivity index (χ4v) is 3.14. The van der Waals surface area contributed by atoms with Crippen LogP contribution < -0.4 is 4.48 Å². The normalized spacial score (nSPS) is 25.4. The molecule has 0 bridgehead atoms. The maximum Gasteiger partial charge on any atom is 0.191 e. The molecule has 0 spiro atoms. The predicted molar refractivity (Wildman–Crippen MR) is 90.7 cm³/mol. The van der Waals surface area contributed by atoms with Gasteiger partial charge in [0, 0.05) is 5.56 Å². The molecule has 0 fully saturated rings. The van der Waals surface area contributed by atoms with E-state index in [0.29, 0.717) is 6.04 Å². The fourth-order valence-electron chi connectivity index (χ4n) is 3.14. The van der Waals surface area contributed by atoms with Crippen molar-refractivity contribution < 1.29 is 0 Å². The minimum atomic E-state index is 0.123. The molecule has 1 heterocycles. The van der Waals surface area contributed by atoms with Crippen LogP contribution in [-0.2, 0) is 0 Å². The summed E-state index contributed by atoms with van der Waals surface area (Å²) < 4.78 is 0.788. The van der Waals surface area contributed by atoms with E-state index in [1.54, 1.807) is 0 Å². The molecule has 3 atom stereocenters. The molecule has 0 radical (unpaired) electrons. The van der Waals surface area contributed by atoms with Crippen molar-refractivity contribution >= 4 is 12.0 Å². The average Bonchev–Trinajstić information content (AvgIpc) is 2.55. The van der Waals surface area contributed by atoms with Crippen molar-refractivity contribution in [2.45, 2.75) is 32.4 Å². The first-order valence-electron chi connectivity index (χ1n) is 7.71. The summed E-state index contributed by atoms with van der Waals surface area (Å²) in [4.78, 5) is 4.91. The molecule has 0 saturated heterocycles. The summed E-state index contributed by atoms with van der Waals surface area (Å²) in [5.74, 6) is 0. The van der Waals surface area contributed by atoms with Crippen LogP contribution >= 0.6 is 0 Å². The molecule has 108 valence electrons. The smallest absolute Gasteiger partial charge is 0.191 e. The maximum atomic E-state index is 4.91. The number of rotatable bonds is 3. The van der Waals surface area contributed by atoms with Crippen LogP contribution in [0.4, 0.5) is 5.69 Å². The van der Waals surface area contributed by atoms with Gasteiger partial charge in [0.2, 0.25) is 0 Å². The third kappa shape index (κ3) is 2.30. The Balaban J connectivity index is 2.13. The van der Waals surface area contributed by atoms with E-state index >= 15 is 0 Å². The number of hydrogen-bond donors (Lipinski definition) is 0. The SMILES string of the molecule is CCC(C)[N+]1(C)C=NC(c2ccccc2)c2ccccc21. The van der Waals surface area contributed by atoms with Gasteiger partial charge in [-0.1, -0.05) is 55.5 Å². The van der Waals surface area contributed by atoms with Gasteiger partial charge < -0.3 is 0 Å². The summed E-state index contributed by atoms with van der Waals surface area (Å²) in [6, 6.07) is 19.9. The molecule has 0 N–H and O–H groups in total. The first-order chi connectivity index (χ1) is 10.2. The summed E-state index contributed by atoms with van der Waals surface area (Å²) in [5.41, 5.74) is 3.96. The van der Waals surface area contributed by atoms with Gasteiger partial charge >= 0.3 is 0 Å². The first-order valence-corrected chi connectivity index (χ1v) is 7.71. The quantitative estimate of drug-likeness (QED) is 0.731. The molecule has 2 nitrogen and oxygen atoms in total. The van der Waals surface area contributed by atoms with E-state index in [-0.39, 0.29) is 6.04 Å². The van der Waals surface area contributed by atoms with Gasteiger partial charge in [-0.3, -0.25) is 0 Å². The number of nitrogens with zero attached hydrogens (tertiary/aromatic N) is 2. The van der Waals surface area contributed by atoms with Crippen molar-refractivity contribution in [1.82, 2.24) is 4.48 Å². The van der Waals surface area contributed by atoms with Crippen molar-refractivity contribution in [1.29, 1.82) is 0 Å². The molecule has 21 heavy (non-hydrogen) atoms. The molecule has 0 saturated carbocycles. The van der Waals surface area contributed by atoms with E-state index in [9.17, 15) is 0 Å². The zero-order valence-electron chi connectivity index (χ0n) is 13.0. The van der Waals surface area contributed by atoms with E-state index in [0.717, 1.165) is 10.9 Å². The van der Waals surface area contributed by atoms with Gasteiger partial charge in [0.1, 0.15) is 11.7 Å². The largest absolute Gasteiger partial charge is 0.249 e. The van der Waals surface area contributed by atoms with Crippen LogP contribution in [0.25, 0.3) is 0 Å². The molecule has 0 aromatic heterocycles. The predicted octanol–water partition coefficient (Wildman–Crippen LogP) is 4.55. The molecule has 2 aromatic carbocycles. The third-order valence-corrected chi connectivity index (χ3v) is 4.83. The number of benzene rings is 2. The molecular formula is C19H23N2+. The second kappa shape index (κ2) is 5.45. The van der Waals surface area contributed by atoms with Gasteiger partial charge in [-0.25, -0.2) is 9.48 Å². The number of fused-ring (bicyclic) bond motifs is 1. The van der Waals surface area contributed by atoms with Crippen LogP contribution in [0.3, 0.4) is 0 Å². The van der Waals surface area contributed by atoms with Gasteiger partial charge in [-0.05, 0) is 25.0 Å². The Labute approximate surface area is 127 Å². The highest BCUT2D eigenvalue weighted by molar-refractivity contribution is 5.79. The van der Waals surface area contributed by atoms with E-state index in [1.807, 2.05) is 0 Å². The van der Waals surface area contributed by atoms with Crippen molar-refractivity contribution in [2.24, 2.45) is 4.99 Å². The lowest BCUT2D eigenvalue weighted by Crippen LogP contribution is -2.52. The van der Waals surface area contributed by atoms with E-state index in [2.05, 4.69) is 81.8 Å². The van der Waals surface area contributed by atoms with E-state index in [1.165, 1.54) is 16.8 Å². The Bertz CT molecular complexity index is 648. The number of para-hydroxylation sites is 1. The zero-order valence-corrected chi connectivity index (χ0v) is 13.0. The van der Waals surface area contributed by atoms with Crippen LogP contribution in [0.5, 0.6) is 0 Å². The van der Waals surface area contributed by atoms with Crippen molar-refractivity contribution in [3.8, 4) is 0 Å². The van der Waals surface area contributed by atoms with Crippen LogP contribution in [-0.4, -0.2) is 19.4 Å². The molecule has 2 aromatic rings. The summed E-state index contributed by atoms with van der Waals surface area (Å²) in [6.07, 6.45) is 3.26. The lowest BCUT2D eigenvalue weighted by Gasteiger charge is -2.39. The highest BCUT2D eigenvalue weighted by Gasteiger charge is 2.37. The van der Waals surface area contributed by atoms with E-state index in [4.69, 9.17) is 4.99 Å². The summed E-state index contributed by atoms with van der Waals surface area (Å²) in [7, 11) is 2.26. The highest BCUT2D eigenvalue weighted by Crippen LogP contribution is 2.40. The van der Waals surface area contributed by atoms with Gasteiger partial charge in [0.05, 0.1) is 13.1 Å². The number of hydrogen-bond acceptors (Lipinski definition) is 1. The molecule has 3 unspecified atom stereocenters. The lowest BCUT2D eigenvalue weighted by molar-refractivity contribution is 0.372. The first kappa shape index (κ1) is 14.0. The average molecular weight is 279 g/mol. The molecular weight excluding hydrogens is 256 g/mol. The number of aliphatic imine (C=N–C) groups is 1. The monoisotopic (exact) mass is 279 g/mol. The van der Waals surface area contributed by atoms with Crippen LogP contribution in [0.15, 0.2) is 59.6 Å². The minimum absolute atomic E-state index is 0.123. The van der Waals surface area contributed by atoms with Crippen LogP contribution in [0.1, 0.15) is 37.4 Å². The Kier molecular flexibility index (Phi) is 3.64. The van der Waals surface area contributed by atoms with Crippen LogP contribution in [0, 0.1) is 0 Å². The van der Waals surface area contributed by atoms with Crippen LogP contribution in [0.2, 0.25) is 0 Å². The molecule has 0 aliphatic carbocycles. The highest BCUT2D eigenvalue weighted by atomic mass is 15.4. The van der Waals surface area contributed by atoms with E-state index < -0.39 is 0 Å². The zero-order chi connectivity index (χ0) is 14.9. The molecule has 3 rings (SSSR count). The number of quaternary nitrogens is 1. The van der Waals surface area contributed by atoms with Gasteiger partial charge in [-0.2, -0.15) is 0 Å². The van der Waals surface area contributed by atoms with Gasteiger partial charge in [0.25, 0.3) is 0 Å². The molecule has 1 aliphatic rings. The lowest BCUT2D eigenvalue weighted by atomic mass is 9.94. The fraction of sp³-hybridized carbons (Fsp3) is 0.316. The second-order valence-electron chi connectivity index (χ2n) is 6.04. The molecule has 0 amide bonds. The second-order valence-corrected chi connectivity index (χ2v) is 6.04. The summed E-state index contributed by atoms with van der Waals surface area (Å²) in [6.45, 7) is 4.54. The van der Waals surface area contributed by atoms with Crippen molar-refractivity contribution in [3.05, 3.63) is 65.7 Å². The summed E-state index contributed by atoms with van der Waals surface area (Å²) >= 11 is 0. The topological polar surface area (TPSA) is 12.4 Å². The Morgan fingerprint density at radius 2 is 1.71 bits per heavy atom. The Hall–Kier alpha value is -1.93. The van der Waals surface area contributed by atoms with Crippen molar-refractivity contribution in [3.63, 3.8) is 0 Å². The standard InChI is InChI=1S/C19H23N2/c1-4-15(2)21(3)14-20-19(16-10-6-5-7-11-16)17-12-8-9-13-18(17)21/h5-15,19H,4H2,1-3H3/q+1. The Morgan fingerprint density at radius 1 is 1.05 bits per heavy atom. The third-order valence-electron chi connectivity index (χ3n) is 4.83. The minimum Gasteiger partial charge on any atom is -0.249 e.